The molecule has 0 radical (unpaired) electrons. The van der Waals surface area contributed by atoms with E-state index < -0.39 is 6.10 Å². The number of hydrogen-bond donors (Lipinski definition) is 2. The molecule has 0 aliphatic heterocycles. The van der Waals surface area contributed by atoms with E-state index in [2.05, 4.69) is 10.3 Å². The molecule has 0 aliphatic rings. The van der Waals surface area contributed by atoms with Crippen molar-refractivity contribution < 1.29 is 9.90 Å². The Morgan fingerprint density at radius 2 is 2.28 bits per heavy atom. The Balaban J connectivity index is 1.88. The number of nitrogens with zero attached hydrogens (tertiary/aromatic N) is 1. The summed E-state index contributed by atoms with van der Waals surface area (Å²) in [7, 11) is 0. The second kappa shape index (κ2) is 5.93. The third-order valence-electron chi connectivity index (χ3n) is 2.50. The number of aryl methyl sites for hydroxylation is 1. The fourth-order valence-corrected chi connectivity index (χ4v) is 2.56. The van der Waals surface area contributed by atoms with Crippen molar-refractivity contribution in [2.75, 3.05) is 6.54 Å². The lowest BCUT2D eigenvalue weighted by Crippen LogP contribution is -2.30. The summed E-state index contributed by atoms with van der Waals surface area (Å²) in [6.45, 7) is 1.95. The lowest BCUT2D eigenvalue weighted by atomic mass is 10.3. The second-order valence-corrected chi connectivity index (χ2v) is 5.34. The van der Waals surface area contributed by atoms with Crippen LogP contribution in [0.4, 0.5) is 0 Å². The predicted octanol–water partition coefficient (Wildman–Crippen LogP) is 1.73. The molecule has 4 nitrogen and oxygen atoms in total. The van der Waals surface area contributed by atoms with Gasteiger partial charge in [-0.25, -0.2) is 4.98 Å². The van der Waals surface area contributed by atoms with Crippen molar-refractivity contribution in [1.29, 1.82) is 0 Å². The van der Waals surface area contributed by atoms with Crippen LogP contribution < -0.4 is 5.32 Å². The summed E-state index contributed by atoms with van der Waals surface area (Å²) in [5.41, 5.74) is 0.988. The van der Waals surface area contributed by atoms with Crippen LogP contribution in [0, 0.1) is 0 Å². The number of nitrogens with one attached hydrogen (secondary N) is 1. The smallest absolute Gasteiger partial charge is 0.220 e. The molecule has 96 valence electrons. The van der Waals surface area contributed by atoms with Crippen LogP contribution in [0.3, 0.4) is 0 Å². The molecule has 1 aromatic heterocycles. The van der Waals surface area contributed by atoms with Crippen molar-refractivity contribution in [3.05, 3.63) is 29.3 Å². The fourth-order valence-electron chi connectivity index (χ4n) is 1.60. The van der Waals surface area contributed by atoms with Crippen LogP contribution in [0.2, 0.25) is 0 Å². The molecule has 2 aromatic rings. The molecule has 0 fully saturated rings. The van der Waals surface area contributed by atoms with Gasteiger partial charge in [-0.1, -0.05) is 12.1 Å². The maximum Gasteiger partial charge on any atom is 0.220 e. The van der Waals surface area contributed by atoms with Crippen molar-refractivity contribution in [2.45, 2.75) is 25.9 Å². The van der Waals surface area contributed by atoms with Crippen LogP contribution >= 0.6 is 11.3 Å². The van der Waals surface area contributed by atoms with Crippen molar-refractivity contribution in [2.24, 2.45) is 0 Å². The van der Waals surface area contributed by atoms with Gasteiger partial charge in [0.1, 0.15) is 0 Å². The van der Waals surface area contributed by atoms with Gasteiger partial charge >= 0.3 is 0 Å². The molecule has 2 rings (SSSR count). The zero-order valence-corrected chi connectivity index (χ0v) is 11.0. The van der Waals surface area contributed by atoms with E-state index in [1.807, 2.05) is 24.3 Å². The largest absolute Gasteiger partial charge is 0.392 e. The summed E-state index contributed by atoms with van der Waals surface area (Å²) in [5, 5.41) is 12.7. The topological polar surface area (TPSA) is 62.2 Å². The number of carbonyl (C=O) groups is 1. The molecule has 2 N–H and O–H groups in total. The minimum atomic E-state index is -0.503. The number of carbonyl (C=O) groups excluding carboxylic acids is 1. The van der Waals surface area contributed by atoms with E-state index in [1.54, 1.807) is 18.3 Å². The zero-order chi connectivity index (χ0) is 13.0. The summed E-state index contributed by atoms with van der Waals surface area (Å²) < 4.78 is 1.15. The van der Waals surface area contributed by atoms with Crippen LogP contribution in [0.25, 0.3) is 10.2 Å². The molecule has 1 amide bonds. The lowest BCUT2D eigenvalue weighted by Gasteiger charge is -2.05. The molecular weight excluding hydrogens is 248 g/mol. The molecule has 1 unspecified atom stereocenters. The summed E-state index contributed by atoms with van der Waals surface area (Å²) in [6.07, 6.45) is 0.550. The number of aliphatic hydroxyl groups excluding tert-OH is 1. The van der Waals surface area contributed by atoms with Crippen molar-refractivity contribution in [3.63, 3.8) is 0 Å². The highest BCUT2D eigenvalue weighted by atomic mass is 32.1. The van der Waals surface area contributed by atoms with Gasteiger partial charge in [0, 0.05) is 19.4 Å². The van der Waals surface area contributed by atoms with Gasteiger partial charge in [0.05, 0.1) is 21.3 Å². The fraction of sp³-hybridized carbons (Fsp3) is 0.385. The van der Waals surface area contributed by atoms with Crippen molar-refractivity contribution in [1.82, 2.24) is 10.3 Å². The minimum Gasteiger partial charge on any atom is -0.392 e. The Hall–Kier alpha value is -1.46. The van der Waals surface area contributed by atoms with Gasteiger partial charge < -0.3 is 10.4 Å². The highest BCUT2D eigenvalue weighted by molar-refractivity contribution is 7.18. The van der Waals surface area contributed by atoms with E-state index in [4.69, 9.17) is 5.11 Å². The van der Waals surface area contributed by atoms with E-state index in [0.29, 0.717) is 19.4 Å². The number of para-hydroxylation sites is 1. The normalized spacial score (nSPS) is 12.6. The molecule has 0 spiro atoms. The average molecular weight is 264 g/mol. The minimum absolute atomic E-state index is 0.0462. The number of fused-ring (bicyclic) bond motifs is 1. The van der Waals surface area contributed by atoms with Crippen LogP contribution in [0.5, 0.6) is 0 Å². The first kappa shape index (κ1) is 13.0. The summed E-state index contributed by atoms with van der Waals surface area (Å²) in [6, 6.07) is 7.95. The standard InChI is InChI=1S/C13H16N2O2S/c1-9(16)8-14-12(17)6-7-13-15-10-4-2-3-5-11(10)18-13/h2-5,9,16H,6-8H2,1H3,(H,14,17). The molecular formula is C13H16N2O2S. The van der Waals surface area contributed by atoms with E-state index in [0.717, 1.165) is 15.2 Å². The first-order chi connectivity index (χ1) is 8.65. The molecule has 1 atom stereocenters. The van der Waals surface area contributed by atoms with Crippen molar-refractivity contribution in [3.8, 4) is 0 Å². The van der Waals surface area contributed by atoms with Gasteiger partial charge in [-0.2, -0.15) is 0 Å². The third-order valence-corrected chi connectivity index (χ3v) is 3.59. The Labute approximate surface area is 110 Å². The van der Waals surface area contributed by atoms with Crippen molar-refractivity contribution >= 4 is 27.5 Å². The number of hydrogen-bond acceptors (Lipinski definition) is 4. The summed E-state index contributed by atoms with van der Waals surface area (Å²) in [5.74, 6) is -0.0462. The van der Waals surface area contributed by atoms with Crippen LogP contribution in [0.1, 0.15) is 18.4 Å². The van der Waals surface area contributed by atoms with Gasteiger partial charge in [-0.15, -0.1) is 11.3 Å². The molecule has 5 heteroatoms. The van der Waals surface area contributed by atoms with Gasteiger partial charge in [-0.3, -0.25) is 4.79 Å². The first-order valence-corrected chi connectivity index (χ1v) is 6.76. The zero-order valence-electron chi connectivity index (χ0n) is 10.2. The Bertz CT molecular complexity index is 504. The average Bonchev–Trinajstić information content (AvgIpc) is 2.76. The molecule has 0 saturated heterocycles. The highest BCUT2D eigenvalue weighted by Gasteiger charge is 2.07. The Morgan fingerprint density at radius 3 is 3.00 bits per heavy atom. The lowest BCUT2D eigenvalue weighted by molar-refractivity contribution is -0.121. The number of aliphatic hydroxyl groups is 1. The Kier molecular flexibility index (Phi) is 4.28. The third kappa shape index (κ3) is 3.51. The van der Waals surface area contributed by atoms with Gasteiger partial charge in [0.2, 0.25) is 5.91 Å². The summed E-state index contributed by atoms with van der Waals surface area (Å²) >= 11 is 1.62. The van der Waals surface area contributed by atoms with Gasteiger partial charge in [0.15, 0.2) is 0 Å². The molecule has 1 heterocycles. The maximum absolute atomic E-state index is 11.5. The molecule has 1 aromatic carbocycles. The number of thiazole rings is 1. The van der Waals surface area contributed by atoms with Crippen LogP contribution in [-0.2, 0) is 11.2 Å². The number of aromatic nitrogens is 1. The predicted molar refractivity (Wildman–Crippen MR) is 72.6 cm³/mol. The molecule has 0 bridgehead atoms. The second-order valence-electron chi connectivity index (χ2n) is 4.23. The maximum atomic E-state index is 11.5. The SMILES string of the molecule is CC(O)CNC(=O)CCc1nc2ccccc2s1. The van der Waals surface area contributed by atoms with Gasteiger partial charge in [-0.05, 0) is 19.1 Å². The molecule has 0 aliphatic carbocycles. The first-order valence-electron chi connectivity index (χ1n) is 5.94. The quantitative estimate of drug-likeness (QED) is 0.864. The molecule has 18 heavy (non-hydrogen) atoms. The van der Waals surface area contributed by atoms with Crippen LogP contribution in [-0.4, -0.2) is 28.6 Å². The van der Waals surface area contributed by atoms with E-state index in [1.165, 1.54) is 0 Å². The van der Waals surface area contributed by atoms with Gasteiger partial charge in [0.25, 0.3) is 0 Å². The number of amides is 1. The Morgan fingerprint density at radius 1 is 1.50 bits per heavy atom. The monoisotopic (exact) mass is 264 g/mol. The van der Waals surface area contributed by atoms with E-state index >= 15 is 0 Å². The molecule has 0 saturated carbocycles. The highest BCUT2D eigenvalue weighted by Crippen LogP contribution is 2.22. The summed E-state index contributed by atoms with van der Waals surface area (Å²) in [4.78, 5) is 16.0. The number of benzene rings is 1. The van der Waals surface area contributed by atoms with E-state index in [-0.39, 0.29) is 5.91 Å². The van der Waals surface area contributed by atoms with Crippen LogP contribution in [0.15, 0.2) is 24.3 Å². The van der Waals surface area contributed by atoms with E-state index in [9.17, 15) is 4.79 Å². The number of rotatable bonds is 5.